The van der Waals surface area contributed by atoms with E-state index < -0.39 is 5.97 Å². The van der Waals surface area contributed by atoms with E-state index in [2.05, 4.69) is 24.3 Å². The van der Waals surface area contributed by atoms with Crippen LogP contribution in [0, 0.1) is 6.92 Å². The van der Waals surface area contributed by atoms with Crippen molar-refractivity contribution < 1.29 is 14.6 Å². The summed E-state index contributed by atoms with van der Waals surface area (Å²) >= 11 is 0. The lowest BCUT2D eigenvalue weighted by Gasteiger charge is -2.14. The first-order valence-corrected chi connectivity index (χ1v) is 8.22. The summed E-state index contributed by atoms with van der Waals surface area (Å²) < 4.78 is 4.93. The molecule has 0 unspecified atom stereocenters. The van der Waals surface area contributed by atoms with E-state index in [0.29, 0.717) is 11.1 Å². The Morgan fingerprint density at radius 1 is 0.960 bits per heavy atom. The van der Waals surface area contributed by atoms with Gasteiger partial charge in [-0.2, -0.15) is 0 Å². The van der Waals surface area contributed by atoms with E-state index in [1.165, 1.54) is 35.4 Å². The molecule has 0 saturated carbocycles. The second kappa shape index (κ2) is 5.78. The average Bonchev–Trinajstić information content (AvgIpc) is 2.99. The highest BCUT2D eigenvalue weighted by Crippen LogP contribution is 2.43. The minimum Gasteiger partial charge on any atom is -0.508 e. The summed E-state index contributed by atoms with van der Waals surface area (Å²) in [5.74, 6) is -0.269. The van der Waals surface area contributed by atoms with Gasteiger partial charge in [0, 0.05) is 5.56 Å². The van der Waals surface area contributed by atoms with Gasteiger partial charge in [-0.15, -0.1) is 0 Å². The van der Waals surface area contributed by atoms with Crippen LogP contribution in [0.4, 0.5) is 0 Å². The van der Waals surface area contributed by atoms with Crippen molar-refractivity contribution >= 4 is 5.97 Å². The van der Waals surface area contributed by atoms with Crippen LogP contribution in [0.2, 0.25) is 0 Å². The second-order valence-electron chi connectivity index (χ2n) is 6.39. The molecule has 3 heteroatoms. The number of ether oxygens (including phenoxy) is 1. The highest BCUT2D eigenvalue weighted by Gasteiger charge is 2.24. The third-order valence-corrected chi connectivity index (χ3v) is 4.77. The fraction of sp³-hybridized carbons (Fsp3) is 0.136. The van der Waals surface area contributed by atoms with Gasteiger partial charge in [0.2, 0.25) is 0 Å². The zero-order valence-corrected chi connectivity index (χ0v) is 14.2. The predicted molar refractivity (Wildman–Crippen MR) is 97.9 cm³/mol. The lowest BCUT2D eigenvalue weighted by molar-refractivity contribution is 0.0601. The lowest BCUT2D eigenvalue weighted by atomic mass is 9.90. The smallest absolute Gasteiger partial charge is 0.338 e. The minimum absolute atomic E-state index is 0.133. The normalized spacial score (nSPS) is 11.8. The average molecular weight is 330 g/mol. The van der Waals surface area contributed by atoms with Crippen LogP contribution in [0.1, 0.15) is 27.0 Å². The van der Waals surface area contributed by atoms with Crippen molar-refractivity contribution in [3.05, 3.63) is 76.9 Å². The molecule has 0 spiro atoms. The molecule has 3 aromatic carbocycles. The Bertz CT molecular complexity index is 1000. The Morgan fingerprint density at radius 3 is 2.44 bits per heavy atom. The monoisotopic (exact) mass is 330 g/mol. The van der Waals surface area contributed by atoms with Gasteiger partial charge in [-0.3, -0.25) is 0 Å². The molecule has 3 nitrogen and oxygen atoms in total. The molecule has 0 aliphatic heterocycles. The predicted octanol–water partition coefficient (Wildman–Crippen LogP) is 4.73. The Morgan fingerprint density at radius 2 is 1.68 bits per heavy atom. The van der Waals surface area contributed by atoms with E-state index in [1.807, 2.05) is 19.1 Å². The van der Waals surface area contributed by atoms with Crippen LogP contribution in [0.3, 0.4) is 0 Å². The molecule has 0 atom stereocenters. The van der Waals surface area contributed by atoms with Gasteiger partial charge in [-0.1, -0.05) is 36.4 Å². The topological polar surface area (TPSA) is 46.5 Å². The first-order valence-electron chi connectivity index (χ1n) is 8.22. The summed E-state index contributed by atoms with van der Waals surface area (Å²) in [6.07, 6.45) is 0.817. The zero-order chi connectivity index (χ0) is 17.6. The number of benzene rings is 3. The number of fused-ring (bicyclic) bond motifs is 3. The van der Waals surface area contributed by atoms with Gasteiger partial charge in [0.1, 0.15) is 5.75 Å². The van der Waals surface area contributed by atoms with Gasteiger partial charge in [-0.05, 0) is 64.9 Å². The minimum atomic E-state index is -0.402. The number of hydrogen-bond acceptors (Lipinski definition) is 3. The molecule has 4 rings (SSSR count). The first kappa shape index (κ1) is 15.5. The summed E-state index contributed by atoms with van der Waals surface area (Å²) in [6, 6.07) is 17.4. The summed E-state index contributed by atoms with van der Waals surface area (Å²) in [5, 5.41) is 9.99. The van der Waals surface area contributed by atoms with E-state index in [1.54, 1.807) is 12.1 Å². The molecule has 3 aromatic rings. The van der Waals surface area contributed by atoms with Crippen LogP contribution in [0.15, 0.2) is 54.6 Å². The maximum atomic E-state index is 12.2. The molecule has 0 radical (unpaired) electrons. The van der Waals surface area contributed by atoms with Gasteiger partial charge in [0.15, 0.2) is 0 Å². The number of aryl methyl sites for hydroxylation is 1. The maximum absolute atomic E-state index is 12.2. The first-order chi connectivity index (χ1) is 12.1. The summed E-state index contributed by atoms with van der Waals surface area (Å²) in [6.45, 7) is 2.05. The Hall–Kier alpha value is -3.07. The fourth-order valence-corrected chi connectivity index (χ4v) is 3.66. The van der Waals surface area contributed by atoms with Crippen LogP contribution in [0.5, 0.6) is 5.75 Å². The number of aromatic hydroxyl groups is 1. The second-order valence-corrected chi connectivity index (χ2v) is 6.39. The number of carbonyl (C=O) groups is 1. The summed E-state index contributed by atoms with van der Waals surface area (Å²) in [5.41, 5.74) is 8.16. The Balaban J connectivity index is 1.99. The van der Waals surface area contributed by atoms with Crippen molar-refractivity contribution in [1.29, 1.82) is 0 Å². The molecule has 124 valence electrons. The molecule has 25 heavy (non-hydrogen) atoms. The van der Waals surface area contributed by atoms with E-state index in [0.717, 1.165) is 17.5 Å². The van der Waals surface area contributed by atoms with E-state index in [4.69, 9.17) is 4.74 Å². The number of phenols is 1. The fourth-order valence-electron chi connectivity index (χ4n) is 3.66. The standard InChI is InChI=1S/C22H18O3/c1-13-9-18-16-6-4-3-5-14(16)11-20(18)19(10-13)21-12-15(23)7-8-17(21)22(24)25-2/h3-10,12,23H,11H2,1-2H3. The third-order valence-electron chi connectivity index (χ3n) is 4.77. The van der Waals surface area contributed by atoms with Crippen molar-refractivity contribution in [2.24, 2.45) is 0 Å². The molecule has 0 heterocycles. The number of methoxy groups -OCH3 is 1. The van der Waals surface area contributed by atoms with Gasteiger partial charge in [0.25, 0.3) is 0 Å². The lowest BCUT2D eigenvalue weighted by Crippen LogP contribution is -2.04. The number of carbonyl (C=O) groups excluding carboxylic acids is 1. The van der Waals surface area contributed by atoms with Crippen LogP contribution < -0.4 is 0 Å². The maximum Gasteiger partial charge on any atom is 0.338 e. The van der Waals surface area contributed by atoms with Gasteiger partial charge >= 0.3 is 5.97 Å². The molecule has 0 bridgehead atoms. The van der Waals surface area contributed by atoms with Gasteiger partial charge in [-0.25, -0.2) is 4.79 Å². The van der Waals surface area contributed by atoms with E-state index >= 15 is 0 Å². The highest BCUT2D eigenvalue weighted by molar-refractivity contribution is 5.99. The van der Waals surface area contributed by atoms with Gasteiger partial charge < -0.3 is 9.84 Å². The summed E-state index contributed by atoms with van der Waals surface area (Å²) in [7, 11) is 1.37. The van der Waals surface area contributed by atoms with Crippen molar-refractivity contribution in [1.82, 2.24) is 0 Å². The molecule has 1 aliphatic carbocycles. The molecule has 0 amide bonds. The Labute approximate surface area is 146 Å². The van der Waals surface area contributed by atoms with Crippen LogP contribution in [-0.4, -0.2) is 18.2 Å². The molecular weight excluding hydrogens is 312 g/mol. The highest BCUT2D eigenvalue weighted by atomic mass is 16.5. The van der Waals surface area contributed by atoms with Crippen molar-refractivity contribution in [3.8, 4) is 28.0 Å². The van der Waals surface area contributed by atoms with Crippen LogP contribution in [-0.2, 0) is 11.2 Å². The quantitative estimate of drug-likeness (QED) is 0.541. The van der Waals surface area contributed by atoms with Crippen molar-refractivity contribution in [2.75, 3.05) is 7.11 Å². The zero-order valence-electron chi connectivity index (χ0n) is 14.2. The van der Waals surface area contributed by atoms with Crippen LogP contribution in [0.25, 0.3) is 22.3 Å². The largest absolute Gasteiger partial charge is 0.508 e. The van der Waals surface area contributed by atoms with Crippen molar-refractivity contribution in [3.63, 3.8) is 0 Å². The van der Waals surface area contributed by atoms with E-state index in [-0.39, 0.29) is 5.75 Å². The number of hydrogen-bond donors (Lipinski definition) is 1. The molecule has 0 fully saturated rings. The molecule has 0 saturated heterocycles. The van der Waals surface area contributed by atoms with Gasteiger partial charge in [0.05, 0.1) is 12.7 Å². The summed E-state index contributed by atoms with van der Waals surface area (Å²) in [4.78, 5) is 12.2. The Kier molecular flexibility index (Phi) is 3.57. The van der Waals surface area contributed by atoms with E-state index in [9.17, 15) is 9.90 Å². The molecule has 1 aliphatic rings. The SMILES string of the molecule is COC(=O)c1ccc(O)cc1-c1cc(C)cc2c1Cc1ccccc1-2. The molecule has 0 aromatic heterocycles. The van der Waals surface area contributed by atoms with Crippen LogP contribution >= 0.6 is 0 Å². The number of esters is 1. The molecule has 1 N–H and O–H groups in total. The number of rotatable bonds is 2. The third kappa shape index (κ3) is 2.49. The van der Waals surface area contributed by atoms with Crippen molar-refractivity contribution in [2.45, 2.75) is 13.3 Å². The number of phenolic OH excluding ortho intramolecular Hbond substituents is 1. The molecular formula is C22H18O3.